The van der Waals surface area contributed by atoms with Crippen LogP contribution in [0.15, 0.2) is 36.0 Å². The van der Waals surface area contributed by atoms with Crippen LogP contribution < -0.4 is 10.6 Å². The number of nitriles is 1. The monoisotopic (exact) mass is 261 g/mol. The summed E-state index contributed by atoms with van der Waals surface area (Å²) in [6.07, 6.45) is 0.639. The van der Waals surface area contributed by atoms with Crippen molar-refractivity contribution in [1.82, 2.24) is 5.32 Å². The van der Waals surface area contributed by atoms with Gasteiger partial charge in [-0.25, -0.2) is 0 Å². The number of aliphatic hydroxyl groups excluding tert-OH is 1. The second kappa shape index (κ2) is 7.03. The van der Waals surface area contributed by atoms with E-state index in [-0.39, 0.29) is 23.6 Å². The van der Waals surface area contributed by atoms with Gasteiger partial charge in [0.25, 0.3) is 5.91 Å². The Morgan fingerprint density at radius 1 is 1.53 bits per heavy atom. The van der Waals surface area contributed by atoms with Crippen LogP contribution in [0, 0.1) is 11.3 Å². The fourth-order valence-corrected chi connectivity index (χ4v) is 1.25. The fraction of sp³-hybridized carbons (Fsp3) is 0.231. The summed E-state index contributed by atoms with van der Waals surface area (Å²) in [7, 11) is 0. The second-order valence-electron chi connectivity index (χ2n) is 3.90. The minimum Gasteiger partial charge on any atom is -0.506 e. The van der Waals surface area contributed by atoms with E-state index in [0.717, 1.165) is 0 Å². The van der Waals surface area contributed by atoms with Crippen LogP contribution in [0.25, 0.3) is 0 Å². The van der Waals surface area contributed by atoms with E-state index >= 15 is 0 Å². The highest BCUT2D eigenvalue weighted by Gasteiger charge is 2.11. The van der Waals surface area contributed by atoms with Gasteiger partial charge in [-0.1, -0.05) is 12.1 Å². The lowest BCUT2D eigenvalue weighted by Crippen LogP contribution is -2.22. The van der Waals surface area contributed by atoms with Crippen LogP contribution in [0.2, 0.25) is 0 Å². The molecule has 1 aromatic carbocycles. The molecule has 0 spiro atoms. The van der Waals surface area contributed by atoms with Crippen LogP contribution in [0.4, 0.5) is 5.69 Å². The number of aliphatic hydroxyl groups is 1. The maximum absolute atomic E-state index is 11.8. The first-order chi connectivity index (χ1) is 9.04. The van der Waals surface area contributed by atoms with Crippen molar-refractivity contribution in [3.05, 3.63) is 36.0 Å². The van der Waals surface area contributed by atoms with Gasteiger partial charge in [0.15, 0.2) is 0 Å². The number of carbonyl (C=O) groups excluding carboxylic acids is 1. The lowest BCUT2D eigenvalue weighted by atomic mass is 10.2. The third-order valence-corrected chi connectivity index (χ3v) is 2.18. The quantitative estimate of drug-likeness (QED) is 0.355. The predicted molar refractivity (Wildman–Crippen MR) is 70.1 cm³/mol. The van der Waals surface area contributed by atoms with Crippen molar-refractivity contribution in [2.75, 3.05) is 11.9 Å². The Labute approximate surface area is 111 Å². The van der Waals surface area contributed by atoms with E-state index in [0.29, 0.717) is 0 Å². The third-order valence-electron chi connectivity index (χ3n) is 2.18. The molecule has 0 radical (unpaired) electrons. The van der Waals surface area contributed by atoms with Crippen LogP contribution in [-0.4, -0.2) is 28.8 Å². The first-order valence-electron chi connectivity index (χ1n) is 5.65. The van der Waals surface area contributed by atoms with Gasteiger partial charge in [0.1, 0.15) is 17.4 Å². The van der Waals surface area contributed by atoms with Crippen molar-refractivity contribution >= 4 is 11.6 Å². The number of phenolic OH excluding ortho intramolecular Hbond substituents is 1. The maximum atomic E-state index is 11.8. The summed E-state index contributed by atoms with van der Waals surface area (Å²) in [5, 5.41) is 32.5. The number of carbonyl (C=O) groups is 1. The van der Waals surface area contributed by atoms with Gasteiger partial charge in [0, 0.05) is 12.7 Å². The smallest absolute Gasteiger partial charge is 0.267 e. The van der Waals surface area contributed by atoms with Gasteiger partial charge >= 0.3 is 0 Å². The molecule has 1 unspecified atom stereocenters. The highest BCUT2D eigenvalue weighted by Crippen LogP contribution is 2.21. The topological polar surface area (TPSA) is 105 Å². The number of benzene rings is 1. The minimum atomic E-state index is -0.637. The summed E-state index contributed by atoms with van der Waals surface area (Å²) in [6, 6.07) is 7.96. The zero-order chi connectivity index (χ0) is 14.3. The van der Waals surface area contributed by atoms with Crippen molar-refractivity contribution in [2.45, 2.75) is 13.0 Å². The Balaban J connectivity index is 2.70. The average molecular weight is 261 g/mol. The molecule has 0 heterocycles. The van der Waals surface area contributed by atoms with E-state index < -0.39 is 12.0 Å². The molecule has 0 saturated heterocycles. The van der Waals surface area contributed by atoms with Gasteiger partial charge in [-0.3, -0.25) is 4.79 Å². The van der Waals surface area contributed by atoms with Crippen LogP contribution >= 0.6 is 0 Å². The Bertz CT molecular complexity index is 518. The van der Waals surface area contributed by atoms with Crippen LogP contribution in [0.5, 0.6) is 5.75 Å². The summed E-state index contributed by atoms with van der Waals surface area (Å²) >= 11 is 0. The van der Waals surface area contributed by atoms with Crippen molar-refractivity contribution < 1.29 is 15.0 Å². The van der Waals surface area contributed by atoms with E-state index in [4.69, 9.17) is 10.4 Å². The largest absolute Gasteiger partial charge is 0.506 e. The highest BCUT2D eigenvalue weighted by molar-refractivity contribution is 6.07. The molecule has 6 nitrogen and oxygen atoms in total. The molecule has 4 N–H and O–H groups in total. The molecule has 0 aromatic heterocycles. The van der Waals surface area contributed by atoms with Crippen molar-refractivity contribution in [1.29, 1.82) is 5.26 Å². The molecule has 0 aliphatic carbocycles. The van der Waals surface area contributed by atoms with Gasteiger partial charge in [-0.15, -0.1) is 0 Å². The van der Waals surface area contributed by atoms with Crippen molar-refractivity contribution in [3.8, 4) is 11.8 Å². The summed E-state index contributed by atoms with van der Waals surface area (Å²) in [6.45, 7) is 1.81. The first-order valence-corrected chi connectivity index (χ1v) is 5.65. The number of aromatic hydroxyl groups is 1. The molecular formula is C13H15N3O3. The number of phenols is 1. The van der Waals surface area contributed by atoms with Crippen LogP contribution in [0.1, 0.15) is 6.92 Å². The Morgan fingerprint density at radius 3 is 2.79 bits per heavy atom. The number of hydrogen-bond donors (Lipinski definition) is 4. The molecular weight excluding hydrogens is 246 g/mol. The maximum Gasteiger partial charge on any atom is 0.267 e. The molecule has 1 rings (SSSR count). The summed E-state index contributed by atoms with van der Waals surface area (Å²) in [4.78, 5) is 11.8. The molecule has 0 aliphatic rings. The highest BCUT2D eigenvalue weighted by atomic mass is 16.3. The van der Waals surface area contributed by atoms with Gasteiger partial charge in [0.05, 0.1) is 11.8 Å². The predicted octanol–water partition coefficient (Wildman–Crippen LogP) is 0.709. The third kappa shape index (κ3) is 4.69. The normalized spacial score (nSPS) is 12.4. The van der Waals surface area contributed by atoms with E-state index in [2.05, 4.69) is 10.6 Å². The van der Waals surface area contributed by atoms with Gasteiger partial charge < -0.3 is 20.8 Å². The van der Waals surface area contributed by atoms with Crippen molar-refractivity contribution in [2.24, 2.45) is 0 Å². The Kier molecular flexibility index (Phi) is 5.38. The van der Waals surface area contributed by atoms with E-state index in [1.807, 2.05) is 0 Å². The molecule has 0 bridgehead atoms. The number of amides is 1. The molecule has 1 aromatic rings. The number of para-hydroxylation sites is 2. The zero-order valence-corrected chi connectivity index (χ0v) is 10.4. The molecule has 6 heteroatoms. The molecule has 100 valence electrons. The second-order valence-corrected chi connectivity index (χ2v) is 3.90. The SMILES string of the molecule is CC(O)CN/C=C(/C#N)C(=O)Nc1ccccc1O. The number of anilines is 1. The summed E-state index contributed by atoms with van der Waals surface area (Å²) in [5.74, 6) is -0.716. The lowest BCUT2D eigenvalue weighted by Gasteiger charge is -2.07. The standard InChI is InChI=1S/C13H15N3O3/c1-9(17)7-15-8-10(6-14)13(19)16-11-4-2-3-5-12(11)18/h2-5,8-9,15,17-18H,7H2,1H3,(H,16,19)/b10-8-. The summed E-state index contributed by atoms with van der Waals surface area (Å²) in [5.41, 5.74) is 0.0769. The van der Waals surface area contributed by atoms with Crippen LogP contribution in [0.3, 0.4) is 0 Å². The zero-order valence-electron chi connectivity index (χ0n) is 10.4. The van der Waals surface area contributed by atoms with Gasteiger partial charge in [-0.05, 0) is 19.1 Å². The molecule has 1 amide bonds. The minimum absolute atomic E-state index is 0.0786. The molecule has 0 saturated carbocycles. The van der Waals surface area contributed by atoms with E-state index in [1.54, 1.807) is 25.1 Å². The van der Waals surface area contributed by atoms with Crippen LogP contribution in [-0.2, 0) is 4.79 Å². The van der Waals surface area contributed by atoms with Gasteiger partial charge in [0.2, 0.25) is 0 Å². The average Bonchev–Trinajstić information content (AvgIpc) is 2.37. The summed E-state index contributed by atoms with van der Waals surface area (Å²) < 4.78 is 0. The molecule has 19 heavy (non-hydrogen) atoms. The first kappa shape index (κ1) is 14.5. The van der Waals surface area contributed by atoms with E-state index in [9.17, 15) is 9.90 Å². The van der Waals surface area contributed by atoms with Gasteiger partial charge in [-0.2, -0.15) is 5.26 Å². The number of nitrogens with zero attached hydrogens (tertiary/aromatic N) is 1. The van der Waals surface area contributed by atoms with Crippen molar-refractivity contribution in [3.63, 3.8) is 0 Å². The fourth-order valence-electron chi connectivity index (χ4n) is 1.25. The number of hydrogen-bond acceptors (Lipinski definition) is 5. The number of rotatable bonds is 5. The molecule has 0 aliphatic heterocycles. The van der Waals surface area contributed by atoms with E-state index in [1.165, 1.54) is 18.3 Å². The molecule has 0 fully saturated rings. The number of nitrogens with one attached hydrogen (secondary N) is 2. The molecule has 1 atom stereocenters. The Hall–Kier alpha value is -2.52. The lowest BCUT2D eigenvalue weighted by molar-refractivity contribution is -0.112. The Morgan fingerprint density at radius 2 is 2.21 bits per heavy atom.